The normalized spacial score (nSPS) is 9.06. The fourth-order valence-corrected chi connectivity index (χ4v) is 1.27. The van der Waals surface area contributed by atoms with Gasteiger partial charge in [0, 0.05) is 13.0 Å². The minimum Gasteiger partial charge on any atom is -0.345 e. The molecule has 0 aromatic heterocycles. The SMILES string of the molecule is CC(=O)NCC#Cc1c(C)cccc1[N+](=O)[O-]. The summed E-state index contributed by atoms with van der Waals surface area (Å²) in [6.45, 7) is 3.33. The van der Waals surface area contributed by atoms with E-state index in [0.717, 1.165) is 5.56 Å². The van der Waals surface area contributed by atoms with Crippen molar-refractivity contribution in [3.8, 4) is 11.8 Å². The Bertz CT molecular complexity index is 512. The van der Waals surface area contributed by atoms with Gasteiger partial charge in [0.1, 0.15) is 5.56 Å². The quantitative estimate of drug-likeness (QED) is 0.475. The van der Waals surface area contributed by atoms with Crippen LogP contribution in [0.1, 0.15) is 18.1 Å². The molecule has 0 fully saturated rings. The van der Waals surface area contributed by atoms with Gasteiger partial charge in [0.2, 0.25) is 5.91 Å². The Morgan fingerprint density at radius 2 is 2.24 bits per heavy atom. The molecule has 17 heavy (non-hydrogen) atoms. The molecule has 1 N–H and O–H groups in total. The fraction of sp³-hybridized carbons (Fsp3) is 0.250. The summed E-state index contributed by atoms with van der Waals surface area (Å²) in [5.41, 5.74) is 1.12. The van der Waals surface area contributed by atoms with Gasteiger partial charge in [0.05, 0.1) is 11.5 Å². The zero-order chi connectivity index (χ0) is 12.8. The molecular weight excluding hydrogens is 220 g/mol. The molecule has 1 aromatic carbocycles. The molecule has 0 bridgehead atoms. The summed E-state index contributed by atoms with van der Waals surface area (Å²) >= 11 is 0. The third-order valence-corrected chi connectivity index (χ3v) is 2.09. The van der Waals surface area contributed by atoms with Crippen LogP contribution in [0, 0.1) is 28.9 Å². The van der Waals surface area contributed by atoms with Gasteiger partial charge in [0.25, 0.3) is 5.69 Å². The number of hydrogen-bond acceptors (Lipinski definition) is 3. The number of rotatable bonds is 2. The van der Waals surface area contributed by atoms with E-state index in [4.69, 9.17) is 0 Å². The molecule has 88 valence electrons. The van der Waals surface area contributed by atoms with Crippen molar-refractivity contribution in [2.45, 2.75) is 13.8 Å². The number of nitro benzene ring substituents is 1. The Morgan fingerprint density at radius 1 is 1.53 bits per heavy atom. The van der Waals surface area contributed by atoms with E-state index in [-0.39, 0.29) is 18.1 Å². The number of nitrogens with zero attached hydrogens (tertiary/aromatic N) is 1. The maximum atomic E-state index is 10.8. The van der Waals surface area contributed by atoms with Crippen LogP contribution >= 0.6 is 0 Å². The van der Waals surface area contributed by atoms with Crippen molar-refractivity contribution in [1.82, 2.24) is 5.32 Å². The second kappa shape index (κ2) is 5.66. The number of carbonyl (C=O) groups excluding carboxylic acids is 1. The first kappa shape index (κ1) is 12.7. The summed E-state index contributed by atoms with van der Waals surface area (Å²) < 4.78 is 0. The third-order valence-electron chi connectivity index (χ3n) is 2.09. The van der Waals surface area contributed by atoms with Crippen molar-refractivity contribution in [2.24, 2.45) is 0 Å². The standard InChI is InChI=1S/C12H12N2O3/c1-9-5-3-7-12(14(16)17)11(9)6-4-8-13-10(2)15/h3,5,7H,8H2,1-2H3,(H,13,15). The van der Waals surface area contributed by atoms with Gasteiger partial charge in [-0.3, -0.25) is 14.9 Å². The van der Waals surface area contributed by atoms with Gasteiger partial charge < -0.3 is 5.32 Å². The molecule has 0 aliphatic carbocycles. The lowest BCUT2D eigenvalue weighted by atomic mass is 10.1. The second-order valence-electron chi connectivity index (χ2n) is 3.44. The van der Waals surface area contributed by atoms with Crippen LogP contribution in [0.2, 0.25) is 0 Å². The van der Waals surface area contributed by atoms with Gasteiger partial charge in [-0.25, -0.2) is 0 Å². The van der Waals surface area contributed by atoms with Crippen molar-refractivity contribution in [3.05, 3.63) is 39.4 Å². The summed E-state index contributed by atoms with van der Waals surface area (Å²) in [6, 6.07) is 4.79. The average Bonchev–Trinajstić information content (AvgIpc) is 2.25. The molecular formula is C12H12N2O3. The van der Waals surface area contributed by atoms with E-state index < -0.39 is 4.92 Å². The lowest BCUT2D eigenvalue weighted by Gasteiger charge is -1.99. The number of carbonyl (C=O) groups is 1. The van der Waals surface area contributed by atoms with Crippen LogP contribution in [-0.2, 0) is 4.79 Å². The van der Waals surface area contributed by atoms with E-state index in [9.17, 15) is 14.9 Å². The van der Waals surface area contributed by atoms with Crippen molar-refractivity contribution in [2.75, 3.05) is 6.54 Å². The van der Waals surface area contributed by atoms with Crippen LogP contribution in [0.25, 0.3) is 0 Å². The maximum absolute atomic E-state index is 10.8. The molecule has 0 saturated heterocycles. The highest BCUT2D eigenvalue weighted by molar-refractivity contribution is 5.73. The minimum absolute atomic E-state index is 0.0136. The van der Waals surface area contributed by atoms with Crippen molar-refractivity contribution in [1.29, 1.82) is 0 Å². The topological polar surface area (TPSA) is 72.2 Å². The summed E-state index contributed by atoms with van der Waals surface area (Å²) in [6.07, 6.45) is 0. The first-order valence-corrected chi connectivity index (χ1v) is 4.99. The average molecular weight is 232 g/mol. The van der Waals surface area contributed by atoms with E-state index in [2.05, 4.69) is 17.2 Å². The maximum Gasteiger partial charge on any atom is 0.285 e. The molecule has 0 unspecified atom stereocenters. The van der Waals surface area contributed by atoms with Gasteiger partial charge in [-0.15, -0.1) is 0 Å². The molecule has 1 amide bonds. The van der Waals surface area contributed by atoms with Gasteiger partial charge >= 0.3 is 0 Å². The Kier molecular flexibility index (Phi) is 4.23. The second-order valence-corrected chi connectivity index (χ2v) is 3.44. The van der Waals surface area contributed by atoms with E-state index in [1.165, 1.54) is 13.0 Å². The van der Waals surface area contributed by atoms with Crippen LogP contribution in [-0.4, -0.2) is 17.4 Å². The Hall–Kier alpha value is -2.35. The van der Waals surface area contributed by atoms with Crippen molar-refractivity contribution < 1.29 is 9.72 Å². The molecule has 5 heteroatoms. The molecule has 0 spiro atoms. The predicted octanol–water partition coefficient (Wildman–Crippen LogP) is 1.39. The zero-order valence-electron chi connectivity index (χ0n) is 9.61. The first-order valence-electron chi connectivity index (χ1n) is 4.99. The molecule has 0 aliphatic rings. The molecule has 5 nitrogen and oxygen atoms in total. The highest BCUT2D eigenvalue weighted by Crippen LogP contribution is 2.20. The van der Waals surface area contributed by atoms with Crippen molar-refractivity contribution >= 4 is 11.6 Å². The van der Waals surface area contributed by atoms with Gasteiger partial charge in [-0.2, -0.15) is 0 Å². The Morgan fingerprint density at radius 3 is 2.82 bits per heavy atom. The van der Waals surface area contributed by atoms with Gasteiger partial charge in [0.15, 0.2) is 0 Å². The van der Waals surface area contributed by atoms with Crippen molar-refractivity contribution in [3.63, 3.8) is 0 Å². The number of hydrogen-bond donors (Lipinski definition) is 1. The molecule has 1 rings (SSSR count). The number of nitrogens with one attached hydrogen (secondary N) is 1. The summed E-state index contributed by atoms with van der Waals surface area (Å²) in [7, 11) is 0. The molecule has 0 aliphatic heterocycles. The summed E-state index contributed by atoms with van der Waals surface area (Å²) in [5, 5.41) is 13.3. The van der Waals surface area contributed by atoms with Crippen LogP contribution in [0.5, 0.6) is 0 Å². The first-order chi connectivity index (χ1) is 8.02. The molecule has 1 aromatic rings. The lowest BCUT2D eigenvalue weighted by molar-refractivity contribution is -0.385. The predicted molar refractivity (Wildman–Crippen MR) is 63.4 cm³/mol. The Labute approximate surface area is 99.0 Å². The Balaban J connectivity index is 2.96. The van der Waals surface area contributed by atoms with Crippen LogP contribution < -0.4 is 5.32 Å². The summed E-state index contributed by atoms with van der Waals surface area (Å²) in [5.74, 6) is 5.21. The lowest BCUT2D eigenvalue weighted by Crippen LogP contribution is -2.19. The number of amides is 1. The highest BCUT2D eigenvalue weighted by Gasteiger charge is 2.12. The monoisotopic (exact) mass is 232 g/mol. The smallest absolute Gasteiger partial charge is 0.285 e. The van der Waals surface area contributed by atoms with Crippen LogP contribution in [0.3, 0.4) is 0 Å². The van der Waals surface area contributed by atoms with E-state index >= 15 is 0 Å². The van der Waals surface area contributed by atoms with Gasteiger partial charge in [-0.1, -0.05) is 24.0 Å². The largest absolute Gasteiger partial charge is 0.345 e. The minimum atomic E-state index is -0.463. The summed E-state index contributed by atoms with van der Waals surface area (Å²) in [4.78, 5) is 20.9. The highest BCUT2D eigenvalue weighted by atomic mass is 16.6. The number of aryl methyl sites for hydroxylation is 1. The van der Waals surface area contributed by atoms with Crippen LogP contribution in [0.15, 0.2) is 18.2 Å². The van der Waals surface area contributed by atoms with E-state index in [1.54, 1.807) is 19.1 Å². The fourth-order valence-electron chi connectivity index (χ4n) is 1.27. The van der Waals surface area contributed by atoms with E-state index in [1.807, 2.05) is 0 Å². The molecule has 0 radical (unpaired) electrons. The molecule has 0 heterocycles. The number of benzene rings is 1. The molecule has 0 atom stereocenters. The zero-order valence-corrected chi connectivity index (χ0v) is 9.61. The van der Waals surface area contributed by atoms with E-state index in [0.29, 0.717) is 5.56 Å². The molecule has 0 saturated carbocycles. The van der Waals surface area contributed by atoms with Crippen LogP contribution in [0.4, 0.5) is 5.69 Å². The third kappa shape index (κ3) is 3.61. The number of nitro groups is 1. The van der Waals surface area contributed by atoms with Gasteiger partial charge in [-0.05, 0) is 12.5 Å².